The number of ketones is 1. The highest BCUT2D eigenvalue weighted by molar-refractivity contribution is 7.98. The van der Waals surface area contributed by atoms with E-state index in [4.69, 9.17) is 10.1 Å². The second-order valence-corrected chi connectivity index (χ2v) is 8.98. The van der Waals surface area contributed by atoms with Crippen molar-refractivity contribution >= 4 is 29.2 Å². The van der Waals surface area contributed by atoms with Gasteiger partial charge in [0, 0.05) is 41.1 Å². The van der Waals surface area contributed by atoms with Crippen LogP contribution in [-0.4, -0.2) is 41.8 Å². The van der Waals surface area contributed by atoms with Gasteiger partial charge in [0.15, 0.2) is 5.78 Å². The number of rotatable bonds is 5. The Balaban J connectivity index is 1.57. The Morgan fingerprint density at radius 1 is 1.03 bits per heavy atom. The molecule has 0 bridgehead atoms. The predicted octanol–water partition coefficient (Wildman–Crippen LogP) is 5.14. The summed E-state index contributed by atoms with van der Waals surface area (Å²) in [5.74, 6) is 0.835. The number of hydrogen-bond donors (Lipinski definition) is 1. The first-order valence-electron chi connectivity index (χ1n) is 11.2. The number of aliphatic imine (C=N–C) groups is 1. The van der Waals surface area contributed by atoms with Crippen LogP contribution >= 0.6 is 11.8 Å². The second kappa shape index (κ2) is 9.63. The molecule has 2 heterocycles. The summed E-state index contributed by atoms with van der Waals surface area (Å²) in [5, 5.41) is 10.4. The number of Topliss-reactive ketones (excluding diaryl/α,β-unsaturated/α-hetero) is 1. The molecule has 0 saturated carbocycles. The van der Waals surface area contributed by atoms with Gasteiger partial charge in [-0.3, -0.25) is 9.79 Å². The molecule has 5 nitrogen and oxygen atoms in total. The molecule has 0 spiro atoms. The molecule has 2 aliphatic heterocycles. The number of benzene rings is 3. The summed E-state index contributed by atoms with van der Waals surface area (Å²) < 4.78 is 0. The fourth-order valence-corrected chi connectivity index (χ4v) is 4.72. The number of guanidine groups is 1. The zero-order valence-electron chi connectivity index (χ0n) is 18.6. The Labute approximate surface area is 198 Å². The largest absolute Gasteiger partial charge is 0.355 e. The van der Waals surface area contributed by atoms with E-state index in [9.17, 15) is 4.79 Å². The number of nitrogens with one attached hydrogen (secondary N) is 1. The maximum atomic E-state index is 13.4. The second-order valence-electron chi connectivity index (χ2n) is 8.10. The van der Waals surface area contributed by atoms with E-state index < -0.39 is 0 Å². The summed E-state index contributed by atoms with van der Waals surface area (Å²) in [4.78, 5) is 19.2. The van der Waals surface area contributed by atoms with Crippen molar-refractivity contribution in [3.05, 3.63) is 101 Å². The van der Waals surface area contributed by atoms with Crippen molar-refractivity contribution in [2.75, 3.05) is 19.3 Å². The van der Waals surface area contributed by atoms with Crippen LogP contribution in [0.1, 0.15) is 45.9 Å². The number of hydrogen-bond acceptors (Lipinski definition) is 6. The molecule has 0 amide bonds. The van der Waals surface area contributed by atoms with Crippen LogP contribution in [0, 0.1) is 0 Å². The van der Waals surface area contributed by atoms with Gasteiger partial charge in [0.1, 0.15) is 0 Å². The van der Waals surface area contributed by atoms with Crippen molar-refractivity contribution < 1.29 is 4.79 Å². The van der Waals surface area contributed by atoms with Crippen LogP contribution in [0.15, 0.2) is 93.9 Å². The predicted molar refractivity (Wildman–Crippen MR) is 135 cm³/mol. The minimum Gasteiger partial charge on any atom is -0.355 e. The quantitative estimate of drug-likeness (QED) is 0.428. The van der Waals surface area contributed by atoms with E-state index >= 15 is 0 Å². The zero-order valence-corrected chi connectivity index (χ0v) is 19.4. The normalized spacial score (nSPS) is 17.5. The number of fused-ring (bicyclic) bond motifs is 1. The number of thioether (sulfide) groups is 1. The molecular weight excluding hydrogens is 428 g/mol. The minimum absolute atomic E-state index is 0.0993. The molecule has 1 N–H and O–H groups in total. The molecule has 166 valence electrons. The average Bonchev–Trinajstić information content (AvgIpc) is 2.90. The van der Waals surface area contributed by atoms with Crippen LogP contribution in [0.3, 0.4) is 0 Å². The first-order chi connectivity index (χ1) is 16.2. The fraction of sp³-hybridized carbons (Fsp3) is 0.222. The Kier molecular flexibility index (Phi) is 6.26. The van der Waals surface area contributed by atoms with E-state index in [0.29, 0.717) is 6.42 Å². The van der Waals surface area contributed by atoms with Crippen molar-refractivity contribution in [3.8, 4) is 0 Å². The van der Waals surface area contributed by atoms with Crippen LogP contribution in [-0.2, 0) is 0 Å². The van der Waals surface area contributed by atoms with Crippen LogP contribution in [0.2, 0.25) is 0 Å². The van der Waals surface area contributed by atoms with Gasteiger partial charge < -0.3 is 5.32 Å². The molecule has 33 heavy (non-hydrogen) atoms. The third-order valence-corrected chi connectivity index (χ3v) is 6.76. The molecule has 0 aromatic heterocycles. The topological polar surface area (TPSA) is 57.1 Å². The van der Waals surface area contributed by atoms with Gasteiger partial charge >= 0.3 is 0 Å². The summed E-state index contributed by atoms with van der Waals surface area (Å²) in [6, 6.07) is 26.1. The van der Waals surface area contributed by atoms with E-state index in [-0.39, 0.29) is 11.8 Å². The highest BCUT2D eigenvalue weighted by atomic mass is 32.2. The Bertz CT molecular complexity index is 1200. The first-order valence-corrected chi connectivity index (χ1v) is 12.4. The van der Waals surface area contributed by atoms with Crippen LogP contribution in [0.4, 0.5) is 0 Å². The lowest BCUT2D eigenvalue weighted by molar-refractivity contribution is 0.0947. The first kappa shape index (κ1) is 21.5. The van der Waals surface area contributed by atoms with Gasteiger partial charge in [0.25, 0.3) is 0 Å². The Morgan fingerprint density at radius 3 is 2.52 bits per heavy atom. The zero-order chi connectivity index (χ0) is 22.6. The highest BCUT2D eigenvalue weighted by Gasteiger charge is 2.34. The van der Waals surface area contributed by atoms with Crippen molar-refractivity contribution in [2.24, 2.45) is 10.1 Å². The van der Waals surface area contributed by atoms with Gasteiger partial charge in [-0.25, -0.2) is 5.01 Å². The summed E-state index contributed by atoms with van der Waals surface area (Å²) in [5.41, 5.74) is 4.82. The fourth-order valence-electron chi connectivity index (χ4n) is 4.31. The molecule has 0 radical (unpaired) electrons. The number of carbonyl (C=O) groups excluding carboxylic acids is 1. The van der Waals surface area contributed by atoms with E-state index in [1.54, 1.807) is 11.8 Å². The van der Waals surface area contributed by atoms with E-state index in [0.717, 1.165) is 58.3 Å². The number of carbonyl (C=O) groups is 1. The number of hydrazone groups is 1. The van der Waals surface area contributed by atoms with Gasteiger partial charge in [-0.15, -0.1) is 11.8 Å². The molecule has 0 saturated heterocycles. The van der Waals surface area contributed by atoms with E-state index in [1.807, 2.05) is 65.9 Å². The standard InChI is InChI=1S/C27H26N4OS/c1-33-21-14-12-19(13-15-21)25(32)18-24-22-10-5-6-11-23(22)26(20-8-3-2-4-9-20)30-31(24)27-28-16-7-17-29-27/h2-6,8-15,24H,7,16-18H2,1H3,(H,28,29). The third kappa shape index (κ3) is 4.44. The van der Waals surface area contributed by atoms with Crippen LogP contribution in [0.5, 0.6) is 0 Å². The lowest BCUT2D eigenvalue weighted by Gasteiger charge is -2.36. The van der Waals surface area contributed by atoms with Gasteiger partial charge in [0.2, 0.25) is 5.96 Å². The maximum absolute atomic E-state index is 13.4. The van der Waals surface area contributed by atoms with Crippen molar-refractivity contribution in [1.29, 1.82) is 0 Å². The number of nitrogens with zero attached hydrogens (tertiary/aromatic N) is 3. The molecule has 0 aliphatic carbocycles. The summed E-state index contributed by atoms with van der Waals surface area (Å²) in [7, 11) is 0. The van der Waals surface area contributed by atoms with Crippen molar-refractivity contribution in [1.82, 2.24) is 10.3 Å². The molecule has 2 aliphatic rings. The molecular formula is C27H26N4OS. The van der Waals surface area contributed by atoms with Gasteiger partial charge in [-0.05, 0) is 30.4 Å². The van der Waals surface area contributed by atoms with Gasteiger partial charge in [0.05, 0.1) is 11.8 Å². The average molecular weight is 455 g/mol. The molecule has 3 aromatic rings. The van der Waals surface area contributed by atoms with Crippen LogP contribution in [0.25, 0.3) is 0 Å². The van der Waals surface area contributed by atoms with Crippen LogP contribution < -0.4 is 5.32 Å². The molecule has 0 fully saturated rings. The molecule has 3 aromatic carbocycles. The smallest absolute Gasteiger partial charge is 0.215 e. The SMILES string of the molecule is CSc1ccc(C(=O)CC2c3ccccc3C(c3ccccc3)=NN2C2=NCCCN2)cc1. The Hall–Kier alpha value is -3.38. The van der Waals surface area contributed by atoms with Gasteiger partial charge in [-0.2, -0.15) is 5.10 Å². The highest BCUT2D eigenvalue weighted by Crippen LogP contribution is 2.35. The monoisotopic (exact) mass is 454 g/mol. The van der Waals surface area contributed by atoms with Crippen molar-refractivity contribution in [2.45, 2.75) is 23.8 Å². The lowest BCUT2D eigenvalue weighted by atomic mass is 9.88. The molecule has 5 rings (SSSR count). The Morgan fingerprint density at radius 2 is 1.79 bits per heavy atom. The van der Waals surface area contributed by atoms with E-state index in [1.165, 1.54) is 0 Å². The van der Waals surface area contributed by atoms with Gasteiger partial charge in [-0.1, -0.05) is 66.7 Å². The minimum atomic E-state index is -0.231. The molecule has 6 heteroatoms. The summed E-state index contributed by atoms with van der Waals surface area (Å²) in [6.45, 7) is 1.61. The summed E-state index contributed by atoms with van der Waals surface area (Å²) in [6.07, 6.45) is 3.35. The molecule has 1 atom stereocenters. The van der Waals surface area contributed by atoms with E-state index in [2.05, 4.69) is 29.6 Å². The third-order valence-electron chi connectivity index (χ3n) is 6.01. The van der Waals surface area contributed by atoms with Crippen molar-refractivity contribution in [3.63, 3.8) is 0 Å². The summed E-state index contributed by atoms with van der Waals surface area (Å²) >= 11 is 1.67. The molecule has 1 unspecified atom stereocenters. The lowest BCUT2D eigenvalue weighted by Crippen LogP contribution is -2.46. The maximum Gasteiger partial charge on any atom is 0.215 e.